The Balaban J connectivity index is 1.28. The first kappa shape index (κ1) is 18.2. The van der Waals surface area contributed by atoms with Crippen molar-refractivity contribution in [3.63, 3.8) is 0 Å². The van der Waals surface area contributed by atoms with E-state index in [0.29, 0.717) is 21.6 Å². The van der Waals surface area contributed by atoms with Crippen LogP contribution in [0.2, 0.25) is 0 Å². The molecule has 1 amide bonds. The van der Waals surface area contributed by atoms with E-state index in [9.17, 15) is 14.0 Å². The number of benzene rings is 1. The summed E-state index contributed by atoms with van der Waals surface area (Å²) >= 11 is 4.20. The normalized spacial score (nSPS) is 28.9. The number of anilines is 1. The molecule has 2 aliphatic carbocycles. The van der Waals surface area contributed by atoms with Crippen molar-refractivity contribution in [2.45, 2.75) is 29.8 Å². The number of esters is 1. The van der Waals surface area contributed by atoms with Gasteiger partial charge in [-0.15, -0.1) is 23.5 Å². The fourth-order valence-electron chi connectivity index (χ4n) is 4.58. The van der Waals surface area contributed by atoms with E-state index in [-0.39, 0.29) is 24.3 Å². The minimum Gasteiger partial charge on any atom is -0.455 e. The monoisotopic (exact) mass is 395 g/mol. The molecule has 0 radical (unpaired) electrons. The van der Waals surface area contributed by atoms with E-state index in [1.54, 1.807) is 0 Å². The lowest BCUT2D eigenvalue weighted by Crippen LogP contribution is -2.40. The zero-order chi connectivity index (χ0) is 18.1. The molecular formula is C19H22FNO3S2. The van der Waals surface area contributed by atoms with E-state index < -0.39 is 5.91 Å². The summed E-state index contributed by atoms with van der Waals surface area (Å²) in [6, 6.07) is 5.50. The van der Waals surface area contributed by atoms with Gasteiger partial charge in [-0.1, -0.05) is 0 Å². The Morgan fingerprint density at radius 2 is 1.73 bits per heavy atom. The summed E-state index contributed by atoms with van der Waals surface area (Å²) < 4.78 is 18.5. The fraction of sp³-hybridized carbons (Fsp3) is 0.579. The Morgan fingerprint density at radius 1 is 1.12 bits per heavy atom. The predicted octanol–water partition coefficient (Wildman–Crippen LogP) is 3.92. The van der Waals surface area contributed by atoms with Gasteiger partial charge in [-0.2, -0.15) is 0 Å². The Morgan fingerprint density at radius 3 is 2.35 bits per heavy atom. The molecule has 1 spiro atoms. The van der Waals surface area contributed by atoms with Gasteiger partial charge in [0.1, 0.15) is 5.82 Å². The van der Waals surface area contributed by atoms with Crippen molar-refractivity contribution in [3.05, 3.63) is 30.1 Å². The number of halogens is 1. The lowest BCUT2D eigenvalue weighted by Gasteiger charge is -2.41. The second-order valence-corrected chi connectivity index (χ2v) is 10.2. The van der Waals surface area contributed by atoms with E-state index in [4.69, 9.17) is 4.74 Å². The minimum atomic E-state index is -0.401. The van der Waals surface area contributed by atoms with Gasteiger partial charge in [-0.05, 0) is 61.8 Å². The SMILES string of the molecule is O=C(COC(=O)C1CC2CCC(C1)C21SCCS1)Nc1ccc(F)cc1. The van der Waals surface area contributed by atoms with Crippen LogP contribution in [0, 0.1) is 23.6 Å². The van der Waals surface area contributed by atoms with Crippen LogP contribution in [-0.4, -0.2) is 34.1 Å². The van der Waals surface area contributed by atoms with E-state index in [1.165, 1.54) is 48.6 Å². The highest BCUT2D eigenvalue weighted by Gasteiger charge is 2.57. The standard InChI is InChI=1S/C19H22FNO3S2/c20-15-3-5-16(6-4-15)21-17(22)11-24-18(23)12-9-13-1-2-14(10-12)19(13)25-7-8-26-19/h3-6,12-14H,1-2,7-11H2,(H,21,22). The Labute approximate surface area is 161 Å². The number of rotatable bonds is 4. The predicted molar refractivity (Wildman–Crippen MR) is 103 cm³/mol. The molecule has 26 heavy (non-hydrogen) atoms. The third-order valence-corrected chi connectivity index (χ3v) is 9.70. The van der Waals surface area contributed by atoms with E-state index >= 15 is 0 Å². The number of amides is 1. The summed E-state index contributed by atoms with van der Waals surface area (Å²) in [5, 5.41) is 2.61. The lowest BCUT2D eigenvalue weighted by atomic mass is 9.80. The molecule has 3 aliphatic rings. The van der Waals surface area contributed by atoms with Crippen LogP contribution in [0.25, 0.3) is 0 Å². The third-order valence-electron chi connectivity index (χ3n) is 5.69. The lowest BCUT2D eigenvalue weighted by molar-refractivity contribution is -0.153. The molecule has 4 rings (SSSR count). The van der Waals surface area contributed by atoms with Gasteiger partial charge >= 0.3 is 5.97 Å². The van der Waals surface area contributed by atoms with Crippen LogP contribution in [0.1, 0.15) is 25.7 Å². The smallest absolute Gasteiger partial charge is 0.309 e. The minimum absolute atomic E-state index is 0.0847. The summed E-state index contributed by atoms with van der Waals surface area (Å²) in [6.45, 7) is -0.295. The van der Waals surface area contributed by atoms with E-state index in [1.807, 2.05) is 0 Å². The van der Waals surface area contributed by atoms with Crippen molar-refractivity contribution in [1.29, 1.82) is 0 Å². The second kappa shape index (κ2) is 7.43. The van der Waals surface area contributed by atoms with Crippen molar-refractivity contribution in [3.8, 4) is 0 Å². The van der Waals surface area contributed by atoms with Crippen LogP contribution in [-0.2, 0) is 14.3 Å². The van der Waals surface area contributed by atoms with E-state index in [2.05, 4.69) is 28.8 Å². The van der Waals surface area contributed by atoms with Gasteiger partial charge in [0.05, 0.1) is 10.00 Å². The summed E-state index contributed by atoms with van der Waals surface area (Å²) in [7, 11) is 0. The third kappa shape index (κ3) is 3.48. The zero-order valence-electron chi connectivity index (χ0n) is 14.4. The van der Waals surface area contributed by atoms with Crippen LogP contribution >= 0.6 is 23.5 Å². The molecule has 2 unspecified atom stereocenters. The molecule has 7 heteroatoms. The molecule has 2 bridgehead atoms. The first-order valence-corrected chi connectivity index (χ1v) is 11.0. The van der Waals surface area contributed by atoms with Gasteiger partial charge in [0, 0.05) is 17.2 Å². The average molecular weight is 396 g/mol. The van der Waals surface area contributed by atoms with Gasteiger partial charge in [0.2, 0.25) is 0 Å². The van der Waals surface area contributed by atoms with Gasteiger partial charge in [0.15, 0.2) is 6.61 Å². The quantitative estimate of drug-likeness (QED) is 0.783. The number of thioether (sulfide) groups is 2. The van der Waals surface area contributed by atoms with Crippen LogP contribution in [0.4, 0.5) is 10.1 Å². The van der Waals surface area contributed by atoms with Gasteiger partial charge in [-0.25, -0.2) is 4.39 Å². The fourth-order valence-corrected chi connectivity index (χ4v) is 8.52. The molecule has 2 saturated carbocycles. The highest BCUT2D eigenvalue weighted by Crippen LogP contribution is 2.65. The van der Waals surface area contributed by atoms with Crippen molar-refractivity contribution < 1.29 is 18.7 Å². The van der Waals surface area contributed by atoms with E-state index in [0.717, 1.165) is 12.8 Å². The summed E-state index contributed by atoms with van der Waals surface area (Å²) in [6.07, 6.45) is 4.18. The Bertz CT molecular complexity index is 675. The maximum absolute atomic E-state index is 12.9. The average Bonchev–Trinajstić information content (AvgIpc) is 3.17. The van der Waals surface area contributed by atoms with Gasteiger partial charge < -0.3 is 10.1 Å². The van der Waals surface area contributed by atoms with Crippen LogP contribution < -0.4 is 5.32 Å². The maximum atomic E-state index is 12.9. The summed E-state index contributed by atoms with van der Waals surface area (Å²) in [4.78, 5) is 24.4. The number of hydrogen-bond donors (Lipinski definition) is 1. The largest absolute Gasteiger partial charge is 0.455 e. The Hall–Kier alpha value is -1.21. The maximum Gasteiger partial charge on any atom is 0.309 e. The van der Waals surface area contributed by atoms with Crippen LogP contribution in [0.3, 0.4) is 0 Å². The molecular weight excluding hydrogens is 373 g/mol. The molecule has 4 nitrogen and oxygen atoms in total. The molecule has 2 atom stereocenters. The van der Waals surface area contributed by atoms with Crippen LogP contribution in [0.15, 0.2) is 24.3 Å². The molecule has 0 aromatic heterocycles. The molecule has 1 saturated heterocycles. The second-order valence-electron chi connectivity index (χ2n) is 7.22. The van der Waals surface area contributed by atoms with Crippen molar-refractivity contribution in [2.24, 2.45) is 17.8 Å². The number of hydrogen-bond acceptors (Lipinski definition) is 5. The molecule has 1 heterocycles. The van der Waals surface area contributed by atoms with Crippen molar-refractivity contribution >= 4 is 41.1 Å². The molecule has 1 N–H and O–H groups in total. The summed E-state index contributed by atoms with van der Waals surface area (Å²) in [5.74, 6) is 2.51. The van der Waals surface area contributed by atoms with Gasteiger partial charge in [-0.3, -0.25) is 9.59 Å². The number of nitrogens with one attached hydrogen (secondary N) is 1. The first-order valence-electron chi connectivity index (χ1n) is 9.07. The highest BCUT2D eigenvalue weighted by molar-refractivity contribution is 8.21. The molecule has 3 fully saturated rings. The van der Waals surface area contributed by atoms with Crippen LogP contribution in [0.5, 0.6) is 0 Å². The first-order chi connectivity index (χ1) is 12.6. The number of ether oxygens (including phenoxy) is 1. The Kier molecular flexibility index (Phi) is 5.19. The van der Waals surface area contributed by atoms with Crippen molar-refractivity contribution in [1.82, 2.24) is 0 Å². The molecule has 1 aromatic carbocycles. The highest BCUT2D eigenvalue weighted by atomic mass is 32.2. The molecule has 1 aromatic rings. The number of carbonyl (C=O) groups excluding carboxylic acids is 2. The van der Waals surface area contributed by atoms with Gasteiger partial charge in [0.25, 0.3) is 5.91 Å². The topological polar surface area (TPSA) is 55.4 Å². The number of carbonyl (C=O) groups is 2. The molecule has 140 valence electrons. The zero-order valence-corrected chi connectivity index (χ0v) is 16.0. The van der Waals surface area contributed by atoms with Crippen molar-refractivity contribution in [2.75, 3.05) is 23.4 Å². The summed E-state index contributed by atoms with van der Waals surface area (Å²) in [5.41, 5.74) is 0.486. The molecule has 1 aliphatic heterocycles.